The maximum Gasteiger partial charge on any atom is 4.00 e. The molecule has 56 valence electrons. The largest absolute Gasteiger partial charge is 4.00 e. The molecule has 0 aromatic carbocycles. The summed E-state index contributed by atoms with van der Waals surface area (Å²) >= 11 is 0. The molecule has 0 aliphatic heterocycles. The van der Waals surface area contributed by atoms with Crippen molar-refractivity contribution in [2.75, 3.05) is 0 Å². The Labute approximate surface area is 90.5 Å². The van der Waals surface area contributed by atoms with Gasteiger partial charge in [-0.15, -0.1) is 0 Å². The van der Waals surface area contributed by atoms with Crippen molar-refractivity contribution < 1.29 is 70.1 Å². The predicted octanol–water partition coefficient (Wildman–Crippen LogP) is -5.08. The quantitative estimate of drug-likeness (QED) is 0.264. The molecule has 0 amide bonds. The molecule has 0 aromatic rings. The Morgan fingerprint density at radius 1 is 0.909 bits per heavy atom. The van der Waals surface area contributed by atoms with Gasteiger partial charge in [0.2, 0.25) is 20.8 Å². The van der Waals surface area contributed by atoms with Crippen LogP contribution in [-0.2, 0) is 46.1 Å². The minimum absolute atomic E-state index is 0. The smallest absolute Gasteiger partial charge is 0.725 e. The molecule has 0 saturated carbocycles. The van der Waals surface area contributed by atoms with Crippen LogP contribution < -0.4 is 18.9 Å². The zero-order chi connectivity index (χ0) is 7.71. The first-order chi connectivity index (χ1) is 3.71. The number of rotatable bonds is 2. The Morgan fingerprint density at radius 3 is 1.09 bits per heavy atom. The van der Waals surface area contributed by atoms with E-state index in [4.69, 9.17) is 0 Å². The van der Waals surface area contributed by atoms with Crippen molar-refractivity contribution in [1.82, 2.24) is 0 Å². The van der Waals surface area contributed by atoms with E-state index in [1.54, 1.807) is 0 Å². The third kappa shape index (κ3) is 18.2. The summed E-state index contributed by atoms with van der Waals surface area (Å²) in [6, 6.07) is 0. The summed E-state index contributed by atoms with van der Waals surface area (Å²) in [4.78, 5) is 0. The van der Waals surface area contributed by atoms with Gasteiger partial charge in [-0.05, 0) is 0 Å². The predicted molar refractivity (Wildman–Crippen MR) is 20.5 cm³/mol. The van der Waals surface area contributed by atoms with Gasteiger partial charge in [0, 0.05) is 0 Å². The maximum atomic E-state index is 9.29. The zero-order valence-electron chi connectivity index (χ0n) is 5.17. The van der Waals surface area contributed by atoms with Crippen molar-refractivity contribution >= 4 is 20.8 Å². The van der Waals surface area contributed by atoms with Gasteiger partial charge in [-0.25, -0.2) is 16.8 Å². The van der Waals surface area contributed by atoms with Gasteiger partial charge in [0.1, 0.15) is 0 Å². The van der Waals surface area contributed by atoms with Crippen LogP contribution in [0, 0.1) is 0 Å². The molecule has 0 aliphatic rings. The molecule has 7 nitrogen and oxygen atoms in total. The first kappa shape index (κ1) is 18.0. The first-order valence-electron chi connectivity index (χ1n) is 1.33. The summed E-state index contributed by atoms with van der Waals surface area (Å²) in [5.74, 6) is 0. The molecular weight excluding hydrogens is 231 g/mol. The second-order valence-electron chi connectivity index (χ2n) is 0.885. The second kappa shape index (κ2) is 5.69. The third-order valence-corrected chi connectivity index (χ3v) is 1.50. The molecule has 0 rings (SSSR count). The van der Waals surface area contributed by atoms with Crippen molar-refractivity contribution in [2.24, 2.45) is 0 Å². The summed E-state index contributed by atoms with van der Waals surface area (Å²) in [7, 11) is -10.9. The standard InChI is InChI=1S/Li.H2O7S2.Ti/c;1-8(2,3)7-9(4,5)6;/h;(H,1,2,3)(H,4,5,6);/q+1;;+4/p-2. The topological polar surface area (TPSA) is 124 Å². The van der Waals surface area contributed by atoms with Gasteiger partial charge in [0.25, 0.3) is 0 Å². The van der Waals surface area contributed by atoms with Gasteiger partial charge < -0.3 is 9.11 Å². The molecule has 0 spiro atoms. The van der Waals surface area contributed by atoms with Crippen LogP contribution in [-0.4, -0.2) is 25.9 Å². The molecular formula is LiO7S2Ti+3. The van der Waals surface area contributed by atoms with E-state index in [-0.39, 0.29) is 40.6 Å². The summed E-state index contributed by atoms with van der Waals surface area (Å²) in [6.07, 6.45) is 0. The molecule has 0 N–H and O–H groups in total. The monoisotopic (exact) mass is 231 g/mol. The molecule has 0 saturated heterocycles. The van der Waals surface area contributed by atoms with E-state index in [0.29, 0.717) is 0 Å². The Hall–Kier alpha value is 1.09. The SMILES string of the molecule is O=S(=O)([O-])OS(=O)(=O)[O-].[Li+].[Ti+4]. The van der Waals surface area contributed by atoms with E-state index in [9.17, 15) is 25.9 Å². The van der Waals surface area contributed by atoms with E-state index >= 15 is 0 Å². The second-order valence-corrected chi connectivity index (χ2v) is 3.06. The molecule has 0 atom stereocenters. The van der Waals surface area contributed by atoms with Crippen LogP contribution in [0.4, 0.5) is 0 Å². The van der Waals surface area contributed by atoms with Gasteiger partial charge >= 0.3 is 40.6 Å². The fourth-order valence-corrected chi connectivity index (χ4v) is 0.919. The van der Waals surface area contributed by atoms with Crippen LogP contribution in [0.5, 0.6) is 0 Å². The fraction of sp³-hybridized carbons (Fsp3) is 0. The molecule has 11 heteroatoms. The molecule has 0 aliphatic carbocycles. The molecule has 0 fully saturated rings. The zero-order valence-corrected chi connectivity index (χ0v) is 8.37. The van der Waals surface area contributed by atoms with Gasteiger partial charge in [-0.2, -0.15) is 3.63 Å². The van der Waals surface area contributed by atoms with Gasteiger partial charge in [0.15, 0.2) is 0 Å². The fourth-order valence-electron chi connectivity index (χ4n) is 0.102. The Kier molecular flexibility index (Phi) is 9.31. The average molecular weight is 231 g/mol. The van der Waals surface area contributed by atoms with E-state index in [1.165, 1.54) is 0 Å². The first-order valence-corrected chi connectivity index (χ1v) is 4.00. The van der Waals surface area contributed by atoms with Crippen molar-refractivity contribution in [3.05, 3.63) is 0 Å². The van der Waals surface area contributed by atoms with Gasteiger partial charge in [0.05, 0.1) is 0 Å². The van der Waals surface area contributed by atoms with Gasteiger partial charge in [-0.3, -0.25) is 0 Å². The van der Waals surface area contributed by atoms with E-state index < -0.39 is 20.8 Å². The van der Waals surface area contributed by atoms with Crippen LogP contribution >= 0.6 is 0 Å². The minimum atomic E-state index is -5.43. The normalized spacial score (nSPS) is 11.1. The number of hydrogen-bond acceptors (Lipinski definition) is 7. The third-order valence-electron chi connectivity index (χ3n) is 0.167. The minimum Gasteiger partial charge on any atom is -0.725 e. The van der Waals surface area contributed by atoms with Crippen LogP contribution in [0.3, 0.4) is 0 Å². The van der Waals surface area contributed by atoms with E-state index in [0.717, 1.165) is 0 Å². The molecule has 0 bridgehead atoms. The molecule has 0 radical (unpaired) electrons. The van der Waals surface area contributed by atoms with Crippen molar-refractivity contribution in [3.63, 3.8) is 0 Å². The van der Waals surface area contributed by atoms with Crippen LogP contribution in [0.2, 0.25) is 0 Å². The Bertz CT molecular complexity index is 242. The maximum absolute atomic E-state index is 9.29. The molecule has 0 unspecified atom stereocenters. The van der Waals surface area contributed by atoms with Crippen LogP contribution in [0.1, 0.15) is 0 Å². The summed E-state index contributed by atoms with van der Waals surface area (Å²) in [6.45, 7) is 0. The van der Waals surface area contributed by atoms with Crippen LogP contribution in [0.25, 0.3) is 0 Å². The van der Waals surface area contributed by atoms with E-state index in [2.05, 4.69) is 3.63 Å². The summed E-state index contributed by atoms with van der Waals surface area (Å²) in [5, 5.41) is 0. The number of hydrogen-bond donors (Lipinski definition) is 0. The van der Waals surface area contributed by atoms with E-state index in [1.807, 2.05) is 0 Å². The van der Waals surface area contributed by atoms with Crippen molar-refractivity contribution in [1.29, 1.82) is 0 Å². The van der Waals surface area contributed by atoms with Crippen molar-refractivity contribution in [2.45, 2.75) is 0 Å². The molecule has 11 heavy (non-hydrogen) atoms. The average Bonchev–Trinajstić information content (AvgIpc) is 1.14. The Morgan fingerprint density at radius 2 is 1.09 bits per heavy atom. The summed E-state index contributed by atoms with van der Waals surface area (Å²) < 4.78 is 58.2. The Balaban J connectivity index is -0.000000320. The summed E-state index contributed by atoms with van der Waals surface area (Å²) in [5.41, 5.74) is 0. The van der Waals surface area contributed by atoms with Crippen molar-refractivity contribution in [3.8, 4) is 0 Å². The molecule has 0 heterocycles. The van der Waals surface area contributed by atoms with Gasteiger partial charge in [-0.1, -0.05) is 0 Å². The van der Waals surface area contributed by atoms with Crippen LogP contribution in [0.15, 0.2) is 0 Å². The molecule has 0 aromatic heterocycles.